The lowest BCUT2D eigenvalue weighted by Gasteiger charge is -2.35. The van der Waals surface area contributed by atoms with Crippen LogP contribution < -0.4 is 15.4 Å². The van der Waals surface area contributed by atoms with Crippen LogP contribution in [0.4, 0.5) is 5.69 Å². The smallest absolute Gasteiger partial charge is 0.262 e. The summed E-state index contributed by atoms with van der Waals surface area (Å²) < 4.78 is 32.5. The van der Waals surface area contributed by atoms with Crippen molar-refractivity contribution in [2.45, 2.75) is 23.8 Å². The van der Waals surface area contributed by atoms with Crippen molar-refractivity contribution in [2.24, 2.45) is 0 Å². The van der Waals surface area contributed by atoms with E-state index >= 15 is 0 Å². The van der Waals surface area contributed by atoms with Gasteiger partial charge in [-0.15, -0.1) is 12.4 Å². The molecule has 1 atom stereocenters. The van der Waals surface area contributed by atoms with Gasteiger partial charge in [0.1, 0.15) is 5.75 Å². The van der Waals surface area contributed by atoms with Gasteiger partial charge in [-0.05, 0) is 37.6 Å². The Morgan fingerprint density at radius 2 is 1.93 bits per heavy atom. The van der Waals surface area contributed by atoms with E-state index in [1.807, 2.05) is 0 Å². The fourth-order valence-electron chi connectivity index (χ4n) is 3.64. The molecule has 3 aliphatic heterocycles. The lowest BCUT2D eigenvalue weighted by atomic mass is 10.2. The second-order valence-electron chi connectivity index (χ2n) is 6.87. The average molecular weight is 431 g/mol. The highest BCUT2D eigenvalue weighted by Gasteiger charge is 2.33. The molecule has 0 aliphatic carbocycles. The van der Waals surface area contributed by atoms with Gasteiger partial charge in [0, 0.05) is 26.2 Å². The van der Waals surface area contributed by atoms with Crippen molar-refractivity contribution in [2.75, 3.05) is 44.6 Å². The molecule has 0 aromatic heterocycles. The maximum Gasteiger partial charge on any atom is 0.262 e. The van der Waals surface area contributed by atoms with Crippen molar-refractivity contribution in [3.05, 3.63) is 18.2 Å². The van der Waals surface area contributed by atoms with Crippen LogP contribution in [-0.2, 0) is 19.6 Å². The van der Waals surface area contributed by atoms with Crippen LogP contribution in [0.2, 0.25) is 0 Å². The highest BCUT2D eigenvalue weighted by Crippen LogP contribution is 2.31. The number of amides is 2. The van der Waals surface area contributed by atoms with E-state index in [0.717, 1.165) is 19.4 Å². The SMILES string of the molecule is Cl.O=C1COc2ccc(S(=O)(=O)N3CCN(C(=O)C4CCCN4)CC3)cc2N1. The molecule has 3 heterocycles. The number of nitrogens with one attached hydrogen (secondary N) is 2. The summed E-state index contributed by atoms with van der Waals surface area (Å²) in [6.45, 7) is 2.03. The first-order valence-corrected chi connectivity index (χ1v) is 10.5. The van der Waals surface area contributed by atoms with E-state index in [0.29, 0.717) is 24.5 Å². The summed E-state index contributed by atoms with van der Waals surface area (Å²) in [5.74, 6) is 0.191. The van der Waals surface area contributed by atoms with Gasteiger partial charge in [-0.2, -0.15) is 4.31 Å². The van der Waals surface area contributed by atoms with Crippen LogP contribution in [0.5, 0.6) is 5.75 Å². The number of halogens is 1. The van der Waals surface area contributed by atoms with E-state index in [2.05, 4.69) is 10.6 Å². The minimum Gasteiger partial charge on any atom is -0.482 e. The molecule has 3 aliphatic rings. The van der Waals surface area contributed by atoms with Gasteiger partial charge in [-0.1, -0.05) is 0 Å². The molecule has 0 saturated carbocycles. The van der Waals surface area contributed by atoms with E-state index in [-0.39, 0.29) is 54.9 Å². The van der Waals surface area contributed by atoms with Crippen molar-refractivity contribution in [3.63, 3.8) is 0 Å². The zero-order chi connectivity index (χ0) is 19.0. The number of rotatable bonds is 3. The highest BCUT2D eigenvalue weighted by molar-refractivity contribution is 7.89. The first kappa shape index (κ1) is 20.8. The number of carbonyl (C=O) groups is 2. The fourth-order valence-corrected chi connectivity index (χ4v) is 5.09. The highest BCUT2D eigenvalue weighted by atomic mass is 35.5. The van der Waals surface area contributed by atoms with E-state index in [4.69, 9.17) is 4.74 Å². The van der Waals surface area contributed by atoms with E-state index in [1.165, 1.54) is 16.4 Å². The molecular weight excluding hydrogens is 408 g/mol. The molecule has 28 heavy (non-hydrogen) atoms. The van der Waals surface area contributed by atoms with Crippen molar-refractivity contribution in [3.8, 4) is 5.75 Å². The zero-order valence-electron chi connectivity index (χ0n) is 15.2. The Balaban J connectivity index is 0.00000225. The molecule has 0 radical (unpaired) electrons. The van der Waals surface area contributed by atoms with Gasteiger partial charge in [-0.3, -0.25) is 9.59 Å². The molecule has 2 fully saturated rings. The van der Waals surface area contributed by atoms with Crippen LogP contribution >= 0.6 is 12.4 Å². The third-order valence-electron chi connectivity index (χ3n) is 5.13. The lowest BCUT2D eigenvalue weighted by molar-refractivity contribution is -0.134. The Kier molecular flexibility index (Phi) is 6.13. The summed E-state index contributed by atoms with van der Waals surface area (Å²) in [6.07, 6.45) is 1.82. The van der Waals surface area contributed by atoms with Crippen molar-refractivity contribution in [1.29, 1.82) is 0 Å². The maximum absolute atomic E-state index is 12.9. The topological polar surface area (TPSA) is 108 Å². The predicted molar refractivity (Wildman–Crippen MR) is 104 cm³/mol. The van der Waals surface area contributed by atoms with E-state index in [1.54, 1.807) is 11.0 Å². The summed E-state index contributed by atoms with van der Waals surface area (Å²) in [4.78, 5) is 25.8. The molecule has 1 aromatic carbocycles. The number of hydrogen-bond donors (Lipinski definition) is 2. The second-order valence-corrected chi connectivity index (χ2v) is 8.81. The minimum atomic E-state index is -3.71. The van der Waals surface area contributed by atoms with Gasteiger partial charge in [-0.25, -0.2) is 8.42 Å². The number of anilines is 1. The molecule has 11 heteroatoms. The van der Waals surface area contributed by atoms with Crippen molar-refractivity contribution in [1.82, 2.24) is 14.5 Å². The van der Waals surface area contributed by atoms with Crippen molar-refractivity contribution < 1.29 is 22.7 Å². The Hall–Kier alpha value is -1.88. The normalized spacial score (nSPS) is 22.6. The minimum absolute atomic E-state index is 0. The van der Waals surface area contributed by atoms with Crippen LogP contribution in [0.3, 0.4) is 0 Å². The monoisotopic (exact) mass is 430 g/mol. The number of carbonyl (C=O) groups excluding carboxylic acids is 2. The molecule has 2 N–H and O–H groups in total. The van der Waals surface area contributed by atoms with Gasteiger partial charge in [0.25, 0.3) is 5.91 Å². The quantitative estimate of drug-likeness (QED) is 0.700. The van der Waals surface area contributed by atoms with Crippen LogP contribution in [-0.4, -0.2) is 74.8 Å². The van der Waals surface area contributed by atoms with Crippen molar-refractivity contribution >= 4 is 39.9 Å². The Labute approximate surface area is 169 Å². The lowest BCUT2D eigenvalue weighted by Crippen LogP contribution is -2.54. The Morgan fingerprint density at radius 3 is 2.61 bits per heavy atom. The molecule has 1 aromatic rings. The third kappa shape index (κ3) is 3.95. The molecule has 0 spiro atoms. The number of benzene rings is 1. The number of fused-ring (bicyclic) bond motifs is 1. The summed E-state index contributed by atoms with van der Waals surface area (Å²) in [5.41, 5.74) is 0.355. The second kappa shape index (κ2) is 8.24. The first-order chi connectivity index (χ1) is 12.9. The summed E-state index contributed by atoms with van der Waals surface area (Å²) in [7, 11) is -3.71. The Bertz CT molecular complexity index is 864. The number of ether oxygens (including phenoxy) is 1. The fraction of sp³-hybridized carbons (Fsp3) is 0.529. The molecule has 0 bridgehead atoms. The number of hydrogen-bond acceptors (Lipinski definition) is 6. The molecular formula is C17H23ClN4O5S. The first-order valence-electron chi connectivity index (χ1n) is 9.04. The molecule has 2 amide bonds. The molecule has 4 rings (SSSR count). The zero-order valence-corrected chi connectivity index (χ0v) is 16.9. The van der Waals surface area contributed by atoms with Crippen LogP contribution in [0.25, 0.3) is 0 Å². The molecule has 2 saturated heterocycles. The largest absolute Gasteiger partial charge is 0.482 e. The van der Waals surface area contributed by atoms with Gasteiger partial charge < -0.3 is 20.3 Å². The van der Waals surface area contributed by atoms with Crippen LogP contribution in [0, 0.1) is 0 Å². The summed E-state index contributed by atoms with van der Waals surface area (Å²) in [5, 5.41) is 5.81. The summed E-state index contributed by atoms with van der Waals surface area (Å²) >= 11 is 0. The average Bonchev–Trinajstić information content (AvgIpc) is 3.21. The maximum atomic E-state index is 12.9. The molecule has 1 unspecified atom stereocenters. The van der Waals surface area contributed by atoms with Crippen LogP contribution in [0.1, 0.15) is 12.8 Å². The summed E-state index contributed by atoms with van der Waals surface area (Å²) in [6, 6.07) is 4.30. The third-order valence-corrected chi connectivity index (χ3v) is 7.03. The molecule has 154 valence electrons. The van der Waals surface area contributed by atoms with E-state index < -0.39 is 10.0 Å². The van der Waals surface area contributed by atoms with Crippen LogP contribution in [0.15, 0.2) is 23.1 Å². The van der Waals surface area contributed by atoms with E-state index in [9.17, 15) is 18.0 Å². The number of sulfonamides is 1. The van der Waals surface area contributed by atoms with Gasteiger partial charge in [0.05, 0.1) is 16.6 Å². The number of piperazine rings is 1. The van der Waals surface area contributed by atoms with Gasteiger partial charge in [0.2, 0.25) is 15.9 Å². The van der Waals surface area contributed by atoms with Gasteiger partial charge >= 0.3 is 0 Å². The molecule has 9 nitrogen and oxygen atoms in total. The standard InChI is InChI=1S/C17H22N4O5S.ClH/c22-16-11-26-15-4-3-12(10-14(15)19-16)27(24,25)21-8-6-20(7-9-21)17(23)13-2-1-5-18-13;/h3-4,10,13,18H,1-2,5-9,11H2,(H,19,22);1H. The Morgan fingerprint density at radius 1 is 1.18 bits per heavy atom. The van der Waals surface area contributed by atoms with Gasteiger partial charge in [0.15, 0.2) is 6.61 Å². The number of nitrogens with zero attached hydrogens (tertiary/aromatic N) is 2. The predicted octanol–water partition coefficient (Wildman–Crippen LogP) is 0.0242.